The summed E-state index contributed by atoms with van der Waals surface area (Å²) in [7, 11) is 0. The molecule has 0 saturated carbocycles. The van der Waals surface area contributed by atoms with E-state index in [4.69, 9.17) is 21.1 Å². The number of rotatable bonds is 5. The van der Waals surface area contributed by atoms with Gasteiger partial charge in [0.25, 0.3) is 0 Å². The molecule has 1 fully saturated rings. The summed E-state index contributed by atoms with van der Waals surface area (Å²) in [4.78, 5) is 11.7. The van der Waals surface area contributed by atoms with Crippen LogP contribution in [0.15, 0.2) is 24.3 Å². The smallest absolute Gasteiger partial charge is 0.328 e. The predicted octanol–water partition coefficient (Wildman–Crippen LogP) is 2.73. The van der Waals surface area contributed by atoms with Crippen LogP contribution in [0.3, 0.4) is 0 Å². The van der Waals surface area contributed by atoms with Gasteiger partial charge < -0.3 is 14.6 Å². The zero-order valence-electron chi connectivity index (χ0n) is 12.5. The standard InChI is InChI=1S/C15H20ClNO4/c1-14(2,3)21-12-11(20-12)17-15(4,13(18)19)9-7-5-6-8-10(9)16/h5-8,11-12,17H,1-4H3,(H,18,19). The minimum Gasteiger partial charge on any atom is -0.480 e. The van der Waals surface area contributed by atoms with Crippen molar-refractivity contribution < 1.29 is 19.4 Å². The molecule has 21 heavy (non-hydrogen) atoms. The van der Waals surface area contributed by atoms with Crippen LogP contribution in [-0.4, -0.2) is 29.2 Å². The van der Waals surface area contributed by atoms with E-state index in [0.717, 1.165) is 0 Å². The van der Waals surface area contributed by atoms with Gasteiger partial charge in [0.2, 0.25) is 0 Å². The van der Waals surface area contributed by atoms with Crippen LogP contribution in [0, 0.1) is 0 Å². The minimum atomic E-state index is -1.35. The Morgan fingerprint density at radius 1 is 1.33 bits per heavy atom. The Morgan fingerprint density at radius 3 is 2.48 bits per heavy atom. The summed E-state index contributed by atoms with van der Waals surface area (Å²) >= 11 is 6.12. The number of carboxylic acid groups (broad SMARTS) is 1. The maximum atomic E-state index is 11.7. The molecule has 0 aliphatic carbocycles. The normalized spacial score (nSPS) is 24.4. The van der Waals surface area contributed by atoms with Gasteiger partial charge in [0.05, 0.1) is 5.60 Å². The van der Waals surface area contributed by atoms with Crippen LogP contribution >= 0.6 is 11.6 Å². The van der Waals surface area contributed by atoms with Crippen LogP contribution in [0.1, 0.15) is 33.3 Å². The van der Waals surface area contributed by atoms with Crippen molar-refractivity contribution in [1.29, 1.82) is 0 Å². The molecule has 1 aromatic rings. The van der Waals surface area contributed by atoms with E-state index < -0.39 is 24.0 Å². The highest BCUT2D eigenvalue weighted by atomic mass is 35.5. The van der Waals surface area contributed by atoms with E-state index in [1.807, 2.05) is 20.8 Å². The lowest BCUT2D eigenvalue weighted by atomic mass is 9.92. The monoisotopic (exact) mass is 313 g/mol. The number of epoxide rings is 1. The van der Waals surface area contributed by atoms with Gasteiger partial charge in [-0.2, -0.15) is 0 Å². The SMILES string of the molecule is CC(C)(C)OC1OC1NC(C)(C(=O)O)c1ccccc1Cl. The van der Waals surface area contributed by atoms with Crippen molar-refractivity contribution in [3.63, 3.8) is 0 Å². The highest BCUT2D eigenvalue weighted by Gasteiger charge is 2.49. The summed E-state index contributed by atoms with van der Waals surface area (Å²) in [6, 6.07) is 6.86. The molecule has 1 aromatic carbocycles. The quantitative estimate of drug-likeness (QED) is 0.818. The van der Waals surface area contributed by atoms with E-state index in [2.05, 4.69) is 5.32 Å². The second-order valence-corrected chi connectivity index (χ2v) is 6.62. The van der Waals surface area contributed by atoms with Gasteiger partial charge in [-0.15, -0.1) is 0 Å². The Kier molecular flexibility index (Phi) is 4.31. The third-order valence-corrected chi connectivity index (χ3v) is 3.52. The molecule has 0 amide bonds. The third-order valence-electron chi connectivity index (χ3n) is 3.19. The van der Waals surface area contributed by atoms with E-state index in [-0.39, 0.29) is 5.60 Å². The molecule has 0 bridgehead atoms. The summed E-state index contributed by atoms with van der Waals surface area (Å²) in [5.74, 6) is -1.03. The molecule has 0 radical (unpaired) electrons. The number of hydrogen-bond donors (Lipinski definition) is 2. The Balaban J connectivity index is 2.15. The second kappa shape index (κ2) is 5.57. The maximum Gasteiger partial charge on any atom is 0.328 e. The number of nitrogens with one attached hydrogen (secondary N) is 1. The molecule has 2 rings (SSSR count). The summed E-state index contributed by atoms with van der Waals surface area (Å²) in [6.07, 6.45) is -0.923. The van der Waals surface area contributed by atoms with Gasteiger partial charge in [0.1, 0.15) is 5.54 Å². The maximum absolute atomic E-state index is 11.7. The molecule has 3 atom stereocenters. The number of hydrogen-bond acceptors (Lipinski definition) is 4. The summed E-state index contributed by atoms with van der Waals surface area (Å²) in [5, 5.41) is 12.9. The molecule has 1 aliphatic rings. The zero-order valence-corrected chi connectivity index (χ0v) is 13.3. The molecular formula is C15H20ClNO4. The zero-order chi connectivity index (χ0) is 15.8. The average molecular weight is 314 g/mol. The number of benzene rings is 1. The Bertz CT molecular complexity index is 543. The largest absolute Gasteiger partial charge is 0.480 e. The summed E-state index contributed by atoms with van der Waals surface area (Å²) < 4.78 is 11.0. The number of carbonyl (C=O) groups is 1. The van der Waals surface area contributed by atoms with Gasteiger partial charge >= 0.3 is 5.97 Å². The summed E-state index contributed by atoms with van der Waals surface area (Å²) in [6.45, 7) is 7.30. The fourth-order valence-corrected chi connectivity index (χ4v) is 2.37. The van der Waals surface area contributed by atoms with Gasteiger partial charge in [0, 0.05) is 10.6 Å². The average Bonchev–Trinajstić information content (AvgIpc) is 3.04. The van der Waals surface area contributed by atoms with Gasteiger partial charge in [-0.3, -0.25) is 5.32 Å². The molecule has 1 saturated heterocycles. The van der Waals surface area contributed by atoms with Gasteiger partial charge in [-0.05, 0) is 33.8 Å². The second-order valence-electron chi connectivity index (χ2n) is 6.21. The molecule has 116 valence electrons. The van der Waals surface area contributed by atoms with Crippen LogP contribution < -0.4 is 5.32 Å². The van der Waals surface area contributed by atoms with Crippen molar-refractivity contribution >= 4 is 17.6 Å². The molecular weight excluding hydrogens is 294 g/mol. The number of halogens is 1. The number of aliphatic carboxylic acids is 1. The Hall–Kier alpha value is -1.14. The molecule has 0 spiro atoms. The van der Waals surface area contributed by atoms with Crippen molar-refractivity contribution in [3.8, 4) is 0 Å². The van der Waals surface area contributed by atoms with Crippen molar-refractivity contribution in [1.82, 2.24) is 5.32 Å². The lowest BCUT2D eigenvalue weighted by Crippen LogP contribution is -2.49. The summed E-state index contributed by atoms with van der Waals surface area (Å²) in [5.41, 5.74) is -1.21. The van der Waals surface area contributed by atoms with Crippen LogP contribution in [0.25, 0.3) is 0 Å². The lowest BCUT2D eigenvalue weighted by molar-refractivity contribution is -0.145. The third kappa shape index (κ3) is 3.74. The molecule has 3 unspecified atom stereocenters. The van der Waals surface area contributed by atoms with E-state index >= 15 is 0 Å². The van der Waals surface area contributed by atoms with Gasteiger partial charge in [-0.1, -0.05) is 29.8 Å². The van der Waals surface area contributed by atoms with E-state index in [9.17, 15) is 9.90 Å². The van der Waals surface area contributed by atoms with Crippen molar-refractivity contribution in [2.45, 2.75) is 51.4 Å². The molecule has 1 aliphatic heterocycles. The molecule has 6 heteroatoms. The van der Waals surface area contributed by atoms with E-state index in [1.54, 1.807) is 31.2 Å². The van der Waals surface area contributed by atoms with Gasteiger partial charge in [-0.25, -0.2) is 4.79 Å². The predicted molar refractivity (Wildman–Crippen MR) is 79.1 cm³/mol. The van der Waals surface area contributed by atoms with Crippen LogP contribution in [0.2, 0.25) is 5.02 Å². The van der Waals surface area contributed by atoms with E-state index in [0.29, 0.717) is 10.6 Å². The molecule has 0 aromatic heterocycles. The first kappa shape index (κ1) is 16.2. The molecule has 2 N–H and O–H groups in total. The Morgan fingerprint density at radius 2 is 1.95 bits per heavy atom. The molecule has 1 heterocycles. The van der Waals surface area contributed by atoms with Crippen LogP contribution in [0.5, 0.6) is 0 Å². The minimum absolute atomic E-state index is 0.356. The first-order chi connectivity index (χ1) is 9.63. The first-order valence-corrected chi connectivity index (χ1v) is 7.11. The highest BCUT2D eigenvalue weighted by Crippen LogP contribution is 2.34. The highest BCUT2D eigenvalue weighted by molar-refractivity contribution is 6.31. The first-order valence-electron chi connectivity index (χ1n) is 6.73. The number of ether oxygens (including phenoxy) is 2. The van der Waals surface area contributed by atoms with Crippen molar-refractivity contribution in [2.24, 2.45) is 0 Å². The lowest BCUT2D eigenvalue weighted by Gasteiger charge is -2.27. The fourth-order valence-electron chi connectivity index (χ4n) is 2.05. The molecule has 5 nitrogen and oxygen atoms in total. The van der Waals surface area contributed by atoms with Gasteiger partial charge in [0.15, 0.2) is 12.5 Å². The fraction of sp³-hybridized carbons (Fsp3) is 0.533. The van der Waals surface area contributed by atoms with Crippen molar-refractivity contribution in [2.75, 3.05) is 0 Å². The van der Waals surface area contributed by atoms with Crippen molar-refractivity contribution in [3.05, 3.63) is 34.9 Å². The van der Waals surface area contributed by atoms with Crippen LogP contribution in [-0.2, 0) is 19.8 Å². The number of carboxylic acids is 1. The van der Waals surface area contributed by atoms with Crippen LogP contribution in [0.4, 0.5) is 0 Å². The topological polar surface area (TPSA) is 71.1 Å². The Labute approximate surface area is 129 Å². The van der Waals surface area contributed by atoms with E-state index in [1.165, 1.54) is 0 Å².